The fourth-order valence-corrected chi connectivity index (χ4v) is 3.24. The molecule has 0 spiro atoms. The normalized spacial score (nSPS) is 10.3. The first-order valence-corrected chi connectivity index (χ1v) is 10.4. The SMILES string of the molecule is O=C(O)c1ccccc1Nc1nc(Nc2ccccc2C(=O)O)nc(Nc2ccccc2C(=O)O)n1. The molecule has 0 atom stereocenters. The molecule has 4 rings (SSSR count). The van der Waals surface area contributed by atoms with E-state index >= 15 is 0 Å². The minimum Gasteiger partial charge on any atom is -0.478 e. The maximum atomic E-state index is 11.6. The molecule has 12 heteroatoms. The lowest BCUT2D eigenvalue weighted by Gasteiger charge is -2.14. The molecule has 0 fully saturated rings. The molecule has 0 saturated carbocycles. The van der Waals surface area contributed by atoms with Gasteiger partial charge in [-0.15, -0.1) is 0 Å². The maximum absolute atomic E-state index is 11.6. The average Bonchev–Trinajstić information content (AvgIpc) is 2.84. The standard InChI is InChI=1S/C24H18N6O6/c31-19(32)13-7-1-4-10-16(13)25-22-28-23(26-17-11-5-2-8-14(17)20(33)34)30-24(29-22)27-18-12-6-3-9-15(18)21(35)36/h1-12H,(H,31,32)(H,33,34)(H,35,36)(H3,25,26,27,28,29,30). The minimum atomic E-state index is -1.17. The number of anilines is 6. The Bertz CT molecular complexity index is 1290. The van der Waals surface area contributed by atoms with Crippen molar-refractivity contribution >= 4 is 52.8 Å². The lowest BCUT2D eigenvalue weighted by Crippen LogP contribution is -2.11. The van der Waals surface area contributed by atoms with Gasteiger partial charge in [-0.25, -0.2) is 14.4 Å². The second-order valence-corrected chi connectivity index (χ2v) is 7.23. The largest absolute Gasteiger partial charge is 0.478 e. The number of nitrogens with zero attached hydrogens (tertiary/aromatic N) is 3. The molecule has 1 aromatic heterocycles. The highest BCUT2D eigenvalue weighted by Gasteiger charge is 2.16. The number of para-hydroxylation sites is 3. The second kappa shape index (κ2) is 10.2. The Labute approximate surface area is 203 Å². The molecule has 3 aromatic carbocycles. The molecule has 0 amide bonds. The van der Waals surface area contributed by atoms with E-state index in [1.807, 2.05) is 0 Å². The Balaban J connectivity index is 1.77. The monoisotopic (exact) mass is 486 g/mol. The van der Waals surface area contributed by atoms with Gasteiger partial charge in [-0.1, -0.05) is 36.4 Å². The van der Waals surface area contributed by atoms with Crippen LogP contribution in [0, 0.1) is 0 Å². The van der Waals surface area contributed by atoms with E-state index in [4.69, 9.17) is 0 Å². The van der Waals surface area contributed by atoms with Crippen LogP contribution in [0.5, 0.6) is 0 Å². The summed E-state index contributed by atoms with van der Waals surface area (Å²) in [5, 5.41) is 36.9. The Morgan fingerprint density at radius 3 is 0.972 bits per heavy atom. The van der Waals surface area contributed by atoms with Crippen LogP contribution < -0.4 is 16.0 Å². The van der Waals surface area contributed by atoms with Crippen LogP contribution >= 0.6 is 0 Å². The molecular formula is C24H18N6O6. The number of carboxylic acids is 3. The maximum Gasteiger partial charge on any atom is 0.337 e. The van der Waals surface area contributed by atoms with Crippen LogP contribution in [-0.2, 0) is 0 Å². The second-order valence-electron chi connectivity index (χ2n) is 7.23. The number of carbonyl (C=O) groups is 3. The molecule has 6 N–H and O–H groups in total. The van der Waals surface area contributed by atoms with Crippen LogP contribution in [0.25, 0.3) is 0 Å². The van der Waals surface area contributed by atoms with E-state index in [2.05, 4.69) is 30.9 Å². The zero-order valence-electron chi connectivity index (χ0n) is 18.3. The van der Waals surface area contributed by atoms with Crippen molar-refractivity contribution in [2.24, 2.45) is 0 Å². The highest BCUT2D eigenvalue weighted by molar-refractivity contribution is 5.96. The fraction of sp³-hybridized carbons (Fsp3) is 0. The lowest BCUT2D eigenvalue weighted by atomic mass is 10.2. The van der Waals surface area contributed by atoms with E-state index in [1.165, 1.54) is 36.4 Å². The summed E-state index contributed by atoms with van der Waals surface area (Å²) in [5.41, 5.74) is 0.498. The van der Waals surface area contributed by atoms with E-state index in [9.17, 15) is 29.7 Å². The van der Waals surface area contributed by atoms with Crippen molar-refractivity contribution < 1.29 is 29.7 Å². The minimum absolute atomic E-state index is 0.0330. The first-order chi connectivity index (χ1) is 17.3. The van der Waals surface area contributed by atoms with Crippen molar-refractivity contribution in [3.05, 3.63) is 89.5 Å². The smallest absolute Gasteiger partial charge is 0.337 e. The van der Waals surface area contributed by atoms with E-state index in [0.717, 1.165) is 0 Å². The summed E-state index contributed by atoms with van der Waals surface area (Å²) in [4.78, 5) is 47.5. The number of hydrogen-bond acceptors (Lipinski definition) is 9. The highest BCUT2D eigenvalue weighted by atomic mass is 16.4. The molecule has 0 aliphatic heterocycles. The molecule has 0 saturated heterocycles. The molecule has 1 heterocycles. The van der Waals surface area contributed by atoms with Crippen LogP contribution in [0.3, 0.4) is 0 Å². The fourth-order valence-electron chi connectivity index (χ4n) is 3.24. The number of nitrogens with one attached hydrogen (secondary N) is 3. The third-order valence-corrected chi connectivity index (χ3v) is 4.85. The van der Waals surface area contributed by atoms with Crippen molar-refractivity contribution in [1.29, 1.82) is 0 Å². The van der Waals surface area contributed by atoms with Gasteiger partial charge in [0.1, 0.15) is 0 Å². The van der Waals surface area contributed by atoms with E-state index < -0.39 is 17.9 Å². The van der Waals surface area contributed by atoms with Gasteiger partial charge in [-0.3, -0.25) is 0 Å². The number of aromatic nitrogens is 3. The first kappa shape index (κ1) is 23.6. The Hall–Kier alpha value is -5.52. The Kier molecular flexibility index (Phi) is 6.68. The molecule has 180 valence electrons. The predicted molar refractivity (Wildman–Crippen MR) is 130 cm³/mol. The van der Waals surface area contributed by atoms with Crippen molar-refractivity contribution in [2.75, 3.05) is 16.0 Å². The summed E-state index contributed by atoms with van der Waals surface area (Å²) in [6.07, 6.45) is 0. The lowest BCUT2D eigenvalue weighted by molar-refractivity contribution is 0.0687. The van der Waals surface area contributed by atoms with Gasteiger partial charge >= 0.3 is 17.9 Å². The molecule has 12 nitrogen and oxygen atoms in total. The third-order valence-electron chi connectivity index (χ3n) is 4.85. The summed E-state index contributed by atoms with van der Waals surface area (Å²) < 4.78 is 0. The van der Waals surface area contributed by atoms with Gasteiger partial charge in [0.05, 0.1) is 33.8 Å². The van der Waals surface area contributed by atoms with E-state index in [1.54, 1.807) is 36.4 Å². The van der Waals surface area contributed by atoms with Gasteiger partial charge < -0.3 is 31.3 Å². The molecule has 0 radical (unpaired) electrons. The summed E-state index contributed by atoms with van der Waals surface area (Å²) in [7, 11) is 0. The van der Waals surface area contributed by atoms with E-state index in [-0.39, 0.29) is 51.6 Å². The van der Waals surface area contributed by atoms with Crippen LogP contribution in [0.15, 0.2) is 72.8 Å². The number of carboxylic acid groups (broad SMARTS) is 3. The zero-order chi connectivity index (χ0) is 25.7. The van der Waals surface area contributed by atoms with Gasteiger partial charge in [0, 0.05) is 0 Å². The van der Waals surface area contributed by atoms with Crippen molar-refractivity contribution in [1.82, 2.24) is 15.0 Å². The van der Waals surface area contributed by atoms with Gasteiger partial charge in [0.15, 0.2) is 0 Å². The van der Waals surface area contributed by atoms with Gasteiger partial charge in [-0.2, -0.15) is 15.0 Å². The van der Waals surface area contributed by atoms with Crippen LogP contribution in [-0.4, -0.2) is 48.2 Å². The molecule has 4 aromatic rings. The van der Waals surface area contributed by atoms with Gasteiger partial charge in [0.25, 0.3) is 0 Å². The van der Waals surface area contributed by atoms with Crippen LogP contribution in [0.1, 0.15) is 31.1 Å². The van der Waals surface area contributed by atoms with Gasteiger partial charge in [0.2, 0.25) is 17.8 Å². The summed E-state index contributed by atoms with van der Waals surface area (Å²) in [6, 6.07) is 18.3. The number of hydrogen-bond donors (Lipinski definition) is 6. The zero-order valence-corrected chi connectivity index (χ0v) is 18.3. The molecule has 0 unspecified atom stereocenters. The number of aromatic carboxylic acids is 3. The topological polar surface area (TPSA) is 187 Å². The predicted octanol–water partition coefficient (Wildman–Crippen LogP) is 4.20. The summed E-state index contributed by atoms with van der Waals surface area (Å²) >= 11 is 0. The number of benzene rings is 3. The molecule has 0 aliphatic rings. The molecule has 0 aliphatic carbocycles. The molecular weight excluding hydrogens is 468 g/mol. The summed E-state index contributed by atoms with van der Waals surface area (Å²) in [5.74, 6) is -3.75. The number of rotatable bonds is 9. The van der Waals surface area contributed by atoms with E-state index in [0.29, 0.717) is 0 Å². The van der Waals surface area contributed by atoms with Crippen molar-refractivity contribution in [2.45, 2.75) is 0 Å². The summed E-state index contributed by atoms with van der Waals surface area (Å²) in [6.45, 7) is 0. The third kappa shape index (κ3) is 5.34. The first-order valence-electron chi connectivity index (χ1n) is 10.4. The molecule has 0 bridgehead atoms. The van der Waals surface area contributed by atoms with Crippen LogP contribution in [0.2, 0.25) is 0 Å². The highest BCUT2D eigenvalue weighted by Crippen LogP contribution is 2.25. The van der Waals surface area contributed by atoms with Crippen LogP contribution in [0.4, 0.5) is 34.9 Å². The quantitative estimate of drug-likeness (QED) is 0.198. The average molecular weight is 486 g/mol. The van der Waals surface area contributed by atoms with Crippen molar-refractivity contribution in [3.63, 3.8) is 0 Å². The Morgan fingerprint density at radius 1 is 0.472 bits per heavy atom. The van der Waals surface area contributed by atoms with Gasteiger partial charge in [-0.05, 0) is 36.4 Å². The molecule has 36 heavy (non-hydrogen) atoms. The Morgan fingerprint density at radius 2 is 0.722 bits per heavy atom. The van der Waals surface area contributed by atoms with Crippen molar-refractivity contribution in [3.8, 4) is 0 Å².